The molecule has 1 fully saturated rings. The number of para-hydroxylation sites is 1. The smallest absolute Gasteiger partial charge is 0.258 e. The minimum Gasteiger partial charge on any atom is -0.392 e. The van der Waals surface area contributed by atoms with Crippen LogP contribution in [0.25, 0.3) is 10.9 Å². The van der Waals surface area contributed by atoms with Crippen molar-refractivity contribution < 1.29 is 5.11 Å². The average molecular weight is 389 g/mol. The first-order chi connectivity index (χ1) is 11.1. The average Bonchev–Trinajstić information content (AvgIpc) is 2.55. The Morgan fingerprint density at radius 2 is 1.96 bits per heavy atom. The highest BCUT2D eigenvalue weighted by molar-refractivity contribution is 5.85. The number of fused-ring (bicyclic) bond motifs is 1. The SMILES string of the molecule is CN(Cc1nc2ccccc2c(=O)[nH]1)CC(O)C1CCNCC1.Cl.Cl. The van der Waals surface area contributed by atoms with Crippen LogP contribution in [0.3, 0.4) is 0 Å². The number of nitrogens with one attached hydrogen (secondary N) is 2. The van der Waals surface area contributed by atoms with Gasteiger partial charge in [0.25, 0.3) is 5.56 Å². The van der Waals surface area contributed by atoms with Crippen molar-refractivity contribution in [3.63, 3.8) is 0 Å². The van der Waals surface area contributed by atoms with Crippen LogP contribution >= 0.6 is 24.8 Å². The maximum Gasteiger partial charge on any atom is 0.258 e. The van der Waals surface area contributed by atoms with Gasteiger partial charge >= 0.3 is 0 Å². The molecule has 6 nitrogen and oxygen atoms in total. The lowest BCUT2D eigenvalue weighted by molar-refractivity contribution is 0.0556. The van der Waals surface area contributed by atoms with Crippen LogP contribution in [0.15, 0.2) is 29.1 Å². The molecule has 140 valence electrons. The largest absolute Gasteiger partial charge is 0.392 e. The zero-order valence-corrected chi connectivity index (χ0v) is 15.9. The molecule has 3 rings (SSSR count). The van der Waals surface area contributed by atoms with E-state index in [1.54, 1.807) is 6.07 Å². The van der Waals surface area contributed by atoms with E-state index < -0.39 is 0 Å². The molecule has 0 aliphatic carbocycles. The minimum absolute atomic E-state index is 0. The minimum atomic E-state index is -0.339. The number of aromatic nitrogens is 2. The molecular weight excluding hydrogens is 363 g/mol. The van der Waals surface area contributed by atoms with Gasteiger partial charge in [0, 0.05) is 6.54 Å². The molecule has 2 aromatic rings. The van der Waals surface area contributed by atoms with E-state index in [0.29, 0.717) is 35.7 Å². The van der Waals surface area contributed by atoms with Gasteiger partial charge in [0.1, 0.15) is 5.82 Å². The third-order valence-corrected chi connectivity index (χ3v) is 4.51. The summed E-state index contributed by atoms with van der Waals surface area (Å²) in [6.07, 6.45) is 1.69. The van der Waals surface area contributed by atoms with Crippen LogP contribution in [0.2, 0.25) is 0 Å². The van der Waals surface area contributed by atoms with E-state index in [1.807, 2.05) is 30.1 Å². The fraction of sp³-hybridized carbons (Fsp3) is 0.529. The maximum atomic E-state index is 12.1. The lowest BCUT2D eigenvalue weighted by Crippen LogP contribution is -2.39. The number of aliphatic hydroxyl groups is 1. The second kappa shape index (κ2) is 10.1. The number of aliphatic hydroxyl groups excluding tert-OH is 1. The molecule has 8 heteroatoms. The number of aromatic amines is 1. The van der Waals surface area contributed by atoms with Crippen LogP contribution in [0.1, 0.15) is 18.7 Å². The second-order valence-corrected chi connectivity index (χ2v) is 6.38. The lowest BCUT2D eigenvalue weighted by atomic mass is 9.92. The fourth-order valence-corrected chi connectivity index (χ4v) is 3.23. The number of halogens is 2. The van der Waals surface area contributed by atoms with Crippen molar-refractivity contribution in [2.75, 3.05) is 26.7 Å². The van der Waals surface area contributed by atoms with Crippen LogP contribution in [-0.4, -0.2) is 52.8 Å². The summed E-state index contributed by atoms with van der Waals surface area (Å²) >= 11 is 0. The zero-order chi connectivity index (χ0) is 16.2. The fourth-order valence-electron chi connectivity index (χ4n) is 3.23. The van der Waals surface area contributed by atoms with Gasteiger partial charge in [0.05, 0.1) is 23.6 Å². The molecular formula is C17H26Cl2N4O2. The van der Waals surface area contributed by atoms with E-state index in [-0.39, 0.29) is 36.5 Å². The lowest BCUT2D eigenvalue weighted by Gasteiger charge is -2.29. The Kier molecular flexibility index (Phi) is 8.82. The summed E-state index contributed by atoms with van der Waals surface area (Å²) < 4.78 is 0. The maximum absolute atomic E-state index is 12.1. The number of hydrogen-bond acceptors (Lipinski definition) is 5. The van der Waals surface area contributed by atoms with Gasteiger partial charge in [-0.1, -0.05) is 12.1 Å². The molecule has 25 heavy (non-hydrogen) atoms. The summed E-state index contributed by atoms with van der Waals surface area (Å²) in [5.41, 5.74) is 0.594. The summed E-state index contributed by atoms with van der Waals surface area (Å²) in [4.78, 5) is 21.4. The quantitative estimate of drug-likeness (QED) is 0.723. The Labute approximate surface area is 159 Å². The molecule has 1 atom stereocenters. The Bertz CT molecular complexity index is 719. The van der Waals surface area contributed by atoms with Crippen molar-refractivity contribution in [2.24, 2.45) is 5.92 Å². The monoisotopic (exact) mass is 388 g/mol. The van der Waals surface area contributed by atoms with E-state index in [2.05, 4.69) is 15.3 Å². The predicted octanol–water partition coefficient (Wildman–Crippen LogP) is 1.56. The van der Waals surface area contributed by atoms with Gasteiger partial charge in [-0.2, -0.15) is 0 Å². The van der Waals surface area contributed by atoms with Gasteiger partial charge in [-0.25, -0.2) is 4.98 Å². The zero-order valence-electron chi connectivity index (χ0n) is 14.3. The van der Waals surface area contributed by atoms with Crippen molar-refractivity contribution in [2.45, 2.75) is 25.5 Å². The normalized spacial score (nSPS) is 16.3. The van der Waals surface area contributed by atoms with E-state index >= 15 is 0 Å². The summed E-state index contributed by atoms with van der Waals surface area (Å²) in [7, 11) is 1.94. The summed E-state index contributed by atoms with van der Waals surface area (Å²) in [6.45, 7) is 3.05. The molecule has 0 bridgehead atoms. The van der Waals surface area contributed by atoms with Crippen LogP contribution in [0.4, 0.5) is 0 Å². The highest BCUT2D eigenvalue weighted by Crippen LogP contribution is 2.17. The number of hydrogen-bond donors (Lipinski definition) is 3. The van der Waals surface area contributed by atoms with E-state index in [4.69, 9.17) is 0 Å². The first kappa shape index (κ1) is 21.9. The number of likely N-dealkylation sites (N-methyl/N-ethyl adjacent to an activating group) is 1. The van der Waals surface area contributed by atoms with Gasteiger partial charge in [-0.05, 0) is 51.0 Å². The molecule has 0 spiro atoms. The summed E-state index contributed by atoms with van der Waals surface area (Å²) in [5, 5.41) is 14.3. The van der Waals surface area contributed by atoms with Crippen LogP contribution < -0.4 is 10.9 Å². The van der Waals surface area contributed by atoms with Crippen molar-refractivity contribution in [3.05, 3.63) is 40.4 Å². The van der Waals surface area contributed by atoms with Crippen LogP contribution in [-0.2, 0) is 6.54 Å². The number of nitrogens with zero attached hydrogens (tertiary/aromatic N) is 2. The Hall–Kier alpha value is -1.18. The molecule has 2 heterocycles. The third kappa shape index (κ3) is 5.66. The van der Waals surface area contributed by atoms with Crippen molar-refractivity contribution in [3.8, 4) is 0 Å². The van der Waals surface area contributed by atoms with Crippen LogP contribution in [0.5, 0.6) is 0 Å². The predicted molar refractivity (Wildman–Crippen MR) is 105 cm³/mol. The first-order valence-electron chi connectivity index (χ1n) is 8.19. The van der Waals surface area contributed by atoms with Crippen molar-refractivity contribution >= 4 is 35.7 Å². The van der Waals surface area contributed by atoms with Crippen molar-refractivity contribution in [1.82, 2.24) is 20.2 Å². The van der Waals surface area contributed by atoms with Gasteiger partial charge < -0.3 is 15.4 Å². The highest BCUT2D eigenvalue weighted by Gasteiger charge is 2.22. The second-order valence-electron chi connectivity index (χ2n) is 6.38. The number of rotatable bonds is 5. The molecule has 1 aliphatic rings. The molecule has 1 aliphatic heterocycles. The topological polar surface area (TPSA) is 81.2 Å². The molecule has 0 radical (unpaired) electrons. The third-order valence-electron chi connectivity index (χ3n) is 4.51. The summed E-state index contributed by atoms with van der Waals surface area (Å²) in [5.74, 6) is 0.982. The van der Waals surface area contributed by atoms with E-state index in [9.17, 15) is 9.90 Å². The Morgan fingerprint density at radius 3 is 2.68 bits per heavy atom. The summed E-state index contributed by atoms with van der Waals surface area (Å²) in [6, 6.07) is 7.33. The molecule has 1 unspecified atom stereocenters. The standard InChI is InChI=1S/C17H24N4O2.2ClH/c1-21(10-15(22)12-6-8-18-9-7-12)11-16-19-14-5-3-2-4-13(14)17(23)20-16;;/h2-5,12,15,18,22H,6-11H2,1H3,(H,19,20,23);2*1H. The van der Waals surface area contributed by atoms with E-state index in [1.165, 1.54) is 0 Å². The molecule has 0 amide bonds. The highest BCUT2D eigenvalue weighted by atomic mass is 35.5. The Balaban J connectivity index is 0.00000156. The van der Waals surface area contributed by atoms with Crippen molar-refractivity contribution in [1.29, 1.82) is 0 Å². The Morgan fingerprint density at radius 1 is 1.28 bits per heavy atom. The molecule has 1 aromatic carbocycles. The van der Waals surface area contributed by atoms with E-state index in [0.717, 1.165) is 25.9 Å². The number of benzene rings is 1. The van der Waals surface area contributed by atoms with Gasteiger partial charge in [0.2, 0.25) is 0 Å². The first-order valence-corrected chi connectivity index (χ1v) is 8.19. The molecule has 3 N–H and O–H groups in total. The number of piperidine rings is 1. The molecule has 0 saturated carbocycles. The molecule has 1 saturated heterocycles. The van der Waals surface area contributed by atoms with Crippen LogP contribution in [0, 0.1) is 5.92 Å². The molecule has 1 aromatic heterocycles. The van der Waals surface area contributed by atoms with Gasteiger partial charge in [-0.15, -0.1) is 24.8 Å². The number of H-pyrrole nitrogens is 1. The van der Waals surface area contributed by atoms with Gasteiger partial charge in [-0.3, -0.25) is 9.69 Å². The van der Waals surface area contributed by atoms with Gasteiger partial charge in [0.15, 0.2) is 0 Å².